The van der Waals surface area contributed by atoms with Crippen LogP contribution in [0.1, 0.15) is 39.2 Å². The van der Waals surface area contributed by atoms with Gasteiger partial charge in [-0.2, -0.15) is 0 Å². The number of hydrogen-bond acceptors (Lipinski definition) is 6. The number of morpholine rings is 1. The predicted octanol–water partition coefficient (Wildman–Crippen LogP) is 3.47. The number of aryl methyl sites for hydroxylation is 1. The fraction of sp³-hybridized carbons (Fsp3) is 0.625. The second-order valence-electron chi connectivity index (χ2n) is 9.01. The lowest BCUT2D eigenvalue weighted by Crippen LogP contribution is -2.51. The summed E-state index contributed by atoms with van der Waals surface area (Å²) in [5, 5.41) is 9.67. The molecule has 3 heterocycles. The summed E-state index contributed by atoms with van der Waals surface area (Å²) in [5.41, 5.74) is 2.27. The highest BCUT2D eigenvalue weighted by Crippen LogP contribution is 2.27. The van der Waals surface area contributed by atoms with E-state index in [9.17, 15) is 4.79 Å². The zero-order valence-electron chi connectivity index (χ0n) is 19.7. The molecule has 2 aromatic rings. The second kappa shape index (κ2) is 10.4. The molecule has 0 N–H and O–H groups in total. The molecule has 1 amide bonds. The number of carbonyl (C=O) groups excluding carboxylic acids is 1. The predicted molar refractivity (Wildman–Crippen MR) is 128 cm³/mol. The Hall–Kier alpha value is -1.90. The minimum absolute atomic E-state index is 0.204. The Morgan fingerprint density at radius 2 is 1.94 bits per heavy atom. The van der Waals surface area contributed by atoms with Gasteiger partial charge in [0.25, 0.3) is 0 Å². The molecule has 174 valence electrons. The molecule has 32 heavy (non-hydrogen) atoms. The lowest BCUT2D eigenvalue weighted by molar-refractivity contribution is -0.130. The van der Waals surface area contributed by atoms with E-state index in [1.54, 1.807) is 0 Å². The molecule has 0 bridgehead atoms. The van der Waals surface area contributed by atoms with Crippen LogP contribution in [0.5, 0.6) is 0 Å². The van der Waals surface area contributed by atoms with Gasteiger partial charge in [0.1, 0.15) is 0 Å². The molecule has 0 radical (unpaired) electrons. The van der Waals surface area contributed by atoms with Crippen molar-refractivity contribution in [3.8, 4) is 11.4 Å². The molecule has 3 atom stereocenters. The van der Waals surface area contributed by atoms with Crippen LogP contribution < -0.4 is 0 Å². The van der Waals surface area contributed by atoms with E-state index in [4.69, 9.17) is 4.74 Å². The summed E-state index contributed by atoms with van der Waals surface area (Å²) in [5.74, 6) is 1.48. The summed E-state index contributed by atoms with van der Waals surface area (Å²) in [6, 6.07) is 8.52. The minimum atomic E-state index is 0.204. The molecule has 0 aliphatic carbocycles. The molecule has 3 unspecified atom stereocenters. The Morgan fingerprint density at radius 1 is 1.19 bits per heavy atom. The number of ether oxygens (including phenoxy) is 1. The normalized spacial score (nSPS) is 24.2. The maximum Gasteiger partial charge on any atom is 0.233 e. The topological polar surface area (TPSA) is 63.5 Å². The first-order valence-electron chi connectivity index (χ1n) is 11.8. The molecule has 2 aliphatic heterocycles. The van der Waals surface area contributed by atoms with Crippen molar-refractivity contribution in [2.24, 2.45) is 0 Å². The number of rotatable bonds is 7. The van der Waals surface area contributed by atoms with Crippen LogP contribution in [0.2, 0.25) is 0 Å². The first kappa shape index (κ1) is 23.3. The van der Waals surface area contributed by atoms with Crippen molar-refractivity contribution in [2.45, 2.75) is 70.5 Å². The van der Waals surface area contributed by atoms with Gasteiger partial charge < -0.3 is 14.2 Å². The zero-order valence-corrected chi connectivity index (χ0v) is 20.5. The second-order valence-corrected chi connectivity index (χ2v) is 9.96. The number of hydrogen-bond donors (Lipinski definition) is 0. The molecule has 1 aromatic heterocycles. The van der Waals surface area contributed by atoms with Crippen LogP contribution in [0.4, 0.5) is 0 Å². The first-order valence-corrected chi connectivity index (χ1v) is 12.7. The van der Waals surface area contributed by atoms with Gasteiger partial charge in [0.2, 0.25) is 5.91 Å². The van der Waals surface area contributed by atoms with E-state index < -0.39 is 0 Å². The largest absolute Gasteiger partial charge is 0.373 e. The van der Waals surface area contributed by atoms with Gasteiger partial charge in [0.15, 0.2) is 11.0 Å². The smallest absolute Gasteiger partial charge is 0.233 e. The quantitative estimate of drug-likeness (QED) is 0.594. The van der Waals surface area contributed by atoms with E-state index >= 15 is 0 Å². The third kappa shape index (κ3) is 5.18. The van der Waals surface area contributed by atoms with Gasteiger partial charge in [0, 0.05) is 44.3 Å². The summed E-state index contributed by atoms with van der Waals surface area (Å²) in [6.45, 7) is 12.9. The van der Waals surface area contributed by atoms with E-state index in [1.165, 1.54) is 17.3 Å². The van der Waals surface area contributed by atoms with Crippen LogP contribution >= 0.6 is 11.8 Å². The Kier molecular flexibility index (Phi) is 7.53. The fourth-order valence-electron chi connectivity index (χ4n) is 5.00. The average molecular weight is 458 g/mol. The van der Waals surface area contributed by atoms with Crippen LogP contribution in [0.3, 0.4) is 0 Å². The Bertz CT molecular complexity index is 923. The Balaban J connectivity index is 1.38. The van der Waals surface area contributed by atoms with Crippen molar-refractivity contribution in [3.63, 3.8) is 0 Å². The molecule has 2 aliphatic rings. The summed E-state index contributed by atoms with van der Waals surface area (Å²) in [7, 11) is 0. The third-order valence-electron chi connectivity index (χ3n) is 6.41. The highest BCUT2D eigenvalue weighted by molar-refractivity contribution is 7.99. The van der Waals surface area contributed by atoms with Gasteiger partial charge in [-0.1, -0.05) is 36.0 Å². The lowest BCUT2D eigenvalue weighted by atomic mass is 10.1. The van der Waals surface area contributed by atoms with Gasteiger partial charge >= 0.3 is 0 Å². The van der Waals surface area contributed by atoms with E-state index in [0.29, 0.717) is 11.8 Å². The molecule has 2 saturated heterocycles. The number of thioether (sulfide) groups is 1. The van der Waals surface area contributed by atoms with Crippen LogP contribution in [0, 0.1) is 6.92 Å². The van der Waals surface area contributed by atoms with Crippen molar-refractivity contribution < 1.29 is 9.53 Å². The lowest BCUT2D eigenvalue weighted by Gasteiger charge is -2.38. The number of nitrogens with zero attached hydrogens (tertiary/aromatic N) is 5. The third-order valence-corrected chi connectivity index (χ3v) is 7.36. The van der Waals surface area contributed by atoms with Crippen LogP contribution in [-0.4, -0.2) is 80.7 Å². The Morgan fingerprint density at radius 3 is 2.66 bits per heavy atom. The van der Waals surface area contributed by atoms with Crippen LogP contribution in [0.15, 0.2) is 29.4 Å². The maximum atomic E-state index is 13.1. The van der Waals surface area contributed by atoms with Gasteiger partial charge in [-0.05, 0) is 46.1 Å². The number of amides is 1. The molecule has 1 aromatic carbocycles. The molecule has 0 saturated carbocycles. The fourth-order valence-corrected chi connectivity index (χ4v) is 5.89. The summed E-state index contributed by atoms with van der Waals surface area (Å²) in [6.07, 6.45) is 2.67. The minimum Gasteiger partial charge on any atom is -0.373 e. The molecule has 0 spiro atoms. The highest BCUT2D eigenvalue weighted by atomic mass is 32.2. The summed E-state index contributed by atoms with van der Waals surface area (Å²) < 4.78 is 7.97. The Labute approximate surface area is 195 Å². The summed E-state index contributed by atoms with van der Waals surface area (Å²) in [4.78, 5) is 17.7. The molecular weight excluding hydrogens is 422 g/mol. The van der Waals surface area contributed by atoms with E-state index in [-0.39, 0.29) is 18.1 Å². The molecule has 7 nitrogen and oxygen atoms in total. The van der Waals surface area contributed by atoms with Crippen molar-refractivity contribution >= 4 is 17.7 Å². The monoisotopic (exact) mass is 457 g/mol. The number of likely N-dealkylation sites (tertiary alicyclic amines) is 1. The van der Waals surface area contributed by atoms with Crippen LogP contribution in [-0.2, 0) is 16.1 Å². The SMILES string of the molecule is CCn1c(SCC(=O)N2CCCC2CN2CC(C)OC(C)C2)nnc1-c1ccccc1C. The zero-order chi connectivity index (χ0) is 22.7. The molecule has 8 heteroatoms. The highest BCUT2D eigenvalue weighted by Gasteiger charge is 2.32. The number of carbonyl (C=O) groups is 1. The molecular formula is C24H35N5O2S. The van der Waals surface area contributed by atoms with Gasteiger partial charge in [-0.3, -0.25) is 9.69 Å². The molecule has 4 rings (SSSR count). The first-order chi connectivity index (χ1) is 15.5. The number of aromatic nitrogens is 3. The van der Waals surface area contributed by atoms with E-state index in [0.717, 1.165) is 62.1 Å². The van der Waals surface area contributed by atoms with Crippen LogP contribution in [0.25, 0.3) is 11.4 Å². The van der Waals surface area contributed by atoms with Gasteiger partial charge in [0.05, 0.1) is 18.0 Å². The number of benzene rings is 1. The summed E-state index contributed by atoms with van der Waals surface area (Å²) >= 11 is 1.50. The van der Waals surface area contributed by atoms with Gasteiger partial charge in [-0.15, -0.1) is 10.2 Å². The standard InChI is InChI=1S/C24H35N5O2S/c1-5-28-23(21-11-7-6-9-17(21)2)25-26-24(28)32-16-22(30)29-12-8-10-20(29)15-27-13-18(3)31-19(4)14-27/h6-7,9,11,18-20H,5,8,10,12-16H2,1-4H3. The van der Waals surface area contributed by atoms with Crippen molar-refractivity contribution in [1.82, 2.24) is 24.6 Å². The van der Waals surface area contributed by atoms with Crippen molar-refractivity contribution in [2.75, 3.05) is 31.9 Å². The molecule has 2 fully saturated rings. The maximum absolute atomic E-state index is 13.1. The van der Waals surface area contributed by atoms with Gasteiger partial charge in [-0.25, -0.2) is 0 Å². The van der Waals surface area contributed by atoms with Crippen molar-refractivity contribution in [1.29, 1.82) is 0 Å². The van der Waals surface area contributed by atoms with Crippen molar-refractivity contribution in [3.05, 3.63) is 29.8 Å². The average Bonchev–Trinajstić information content (AvgIpc) is 3.38. The van der Waals surface area contributed by atoms with E-state index in [1.807, 2.05) is 12.1 Å². The van der Waals surface area contributed by atoms with E-state index in [2.05, 4.69) is 64.4 Å².